The highest BCUT2D eigenvalue weighted by atomic mass is 35.5. The lowest BCUT2D eigenvalue weighted by Gasteiger charge is -2.04. The Bertz CT molecular complexity index is 265. The van der Waals surface area contributed by atoms with Gasteiger partial charge in [0.2, 0.25) is 10.0 Å². The van der Waals surface area contributed by atoms with Gasteiger partial charge in [0, 0.05) is 12.4 Å². The standard InChI is InChI=1S/C7H14ClNO4S/c1-2-13-7(10)3-5-9-14(11,12)6-4-8/h9H,2-6H2,1H3. The topological polar surface area (TPSA) is 72.5 Å². The summed E-state index contributed by atoms with van der Waals surface area (Å²) in [4.78, 5) is 10.8. The average Bonchev–Trinajstić information content (AvgIpc) is 2.03. The van der Waals surface area contributed by atoms with Crippen molar-refractivity contribution in [3.63, 3.8) is 0 Å². The molecule has 14 heavy (non-hydrogen) atoms. The van der Waals surface area contributed by atoms with Crippen LogP contribution in [0, 0.1) is 0 Å². The summed E-state index contributed by atoms with van der Waals surface area (Å²) in [5, 5.41) is 0. The van der Waals surface area contributed by atoms with Crippen molar-refractivity contribution < 1.29 is 17.9 Å². The Balaban J connectivity index is 3.68. The number of halogens is 1. The van der Waals surface area contributed by atoms with Crippen molar-refractivity contribution >= 4 is 27.6 Å². The molecule has 0 heterocycles. The van der Waals surface area contributed by atoms with Crippen LogP contribution in [-0.2, 0) is 19.6 Å². The number of carbonyl (C=O) groups is 1. The molecule has 0 aliphatic rings. The monoisotopic (exact) mass is 243 g/mol. The summed E-state index contributed by atoms with van der Waals surface area (Å²) in [6.07, 6.45) is 0.0371. The fraction of sp³-hybridized carbons (Fsp3) is 0.857. The van der Waals surface area contributed by atoms with Crippen LogP contribution >= 0.6 is 11.6 Å². The molecule has 1 N–H and O–H groups in total. The number of alkyl halides is 1. The molecule has 0 unspecified atom stereocenters. The predicted octanol–water partition coefficient (Wildman–Crippen LogP) is 0.0978. The van der Waals surface area contributed by atoms with Crippen LogP contribution in [0.25, 0.3) is 0 Å². The second-order valence-corrected chi connectivity index (χ2v) is 4.76. The van der Waals surface area contributed by atoms with Gasteiger partial charge in [-0.3, -0.25) is 4.79 Å². The van der Waals surface area contributed by atoms with Crippen molar-refractivity contribution in [1.29, 1.82) is 0 Å². The normalized spacial score (nSPS) is 11.3. The Morgan fingerprint density at radius 1 is 1.50 bits per heavy atom. The van der Waals surface area contributed by atoms with E-state index < -0.39 is 16.0 Å². The first kappa shape index (κ1) is 13.7. The van der Waals surface area contributed by atoms with Crippen LogP contribution in [0.5, 0.6) is 0 Å². The van der Waals surface area contributed by atoms with Gasteiger partial charge in [-0.15, -0.1) is 11.6 Å². The van der Waals surface area contributed by atoms with Crippen molar-refractivity contribution in [2.45, 2.75) is 13.3 Å². The Morgan fingerprint density at radius 2 is 2.14 bits per heavy atom. The van der Waals surface area contributed by atoms with Crippen molar-refractivity contribution in [3.05, 3.63) is 0 Å². The van der Waals surface area contributed by atoms with E-state index in [1.54, 1.807) is 6.92 Å². The van der Waals surface area contributed by atoms with Crippen LogP contribution in [-0.4, -0.2) is 39.2 Å². The molecule has 84 valence electrons. The number of hydrogen-bond donors (Lipinski definition) is 1. The van der Waals surface area contributed by atoms with Gasteiger partial charge in [-0.25, -0.2) is 13.1 Å². The van der Waals surface area contributed by atoms with E-state index in [0.717, 1.165) is 0 Å². The maximum absolute atomic E-state index is 11.0. The Kier molecular flexibility index (Phi) is 6.86. The van der Waals surface area contributed by atoms with Crippen LogP contribution in [0.1, 0.15) is 13.3 Å². The minimum atomic E-state index is -3.33. The van der Waals surface area contributed by atoms with Gasteiger partial charge in [0.15, 0.2) is 0 Å². The van der Waals surface area contributed by atoms with Gasteiger partial charge >= 0.3 is 5.97 Å². The van der Waals surface area contributed by atoms with Gasteiger partial charge in [-0.2, -0.15) is 0 Å². The molecule has 0 rings (SSSR count). The summed E-state index contributed by atoms with van der Waals surface area (Å²) in [6, 6.07) is 0. The summed E-state index contributed by atoms with van der Waals surface area (Å²) < 4.78 is 28.9. The highest BCUT2D eigenvalue weighted by Crippen LogP contribution is 1.89. The lowest BCUT2D eigenvalue weighted by molar-refractivity contribution is -0.142. The van der Waals surface area contributed by atoms with E-state index in [-0.39, 0.29) is 24.6 Å². The molecule has 0 radical (unpaired) electrons. The minimum Gasteiger partial charge on any atom is -0.466 e. The molecule has 0 fully saturated rings. The lowest BCUT2D eigenvalue weighted by Crippen LogP contribution is -2.29. The molecule has 0 saturated carbocycles. The van der Waals surface area contributed by atoms with Gasteiger partial charge in [0.25, 0.3) is 0 Å². The fourth-order valence-electron chi connectivity index (χ4n) is 0.715. The van der Waals surface area contributed by atoms with E-state index in [1.807, 2.05) is 0 Å². The average molecular weight is 244 g/mol. The largest absolute Gasteiger partial charge is 0.466 e. The second-order valence-electron chi connectivity index (χ2n) is 2.46. The number of carbonyl (C=O) groups excluding carboxylic acids is 1. The molecule has 5 nitrogen and oxygen atoms in total. The summed E-state index contributed by atoms with van der Waals surface area (Å²) in [7, 11) is -3.33. The van der Waals surface area contributed by atoms with E-state index in [1.165, 1.54) is 0 Å². The van der Waals surface area contributed by atoms with Crippen molar-refractivity contribution in [1.82, 2.24) is 4.72 Å². The van der Waals surface area contributed by atoms with E-state index in [0.29, 0.717) is 6.61 Å². The molecular weight excluding hydrogens is 230 g/mol. The smallest absolute Gasteiger partial charge is 0.307 e. The van der Waals surface area contributed by atoms with Crippen LogP contribution in [0.4, 0.5) is 0 Å². The summed E-state index contributed by atoms with van der Waals surface area (Å²) in [5.74, 6) is -0.521. The van der Waals surface area contributed by atoms with Gasteiger partial charge in [-0.05, 0) is 6.92 Å². The molecule has 0 amide bonds. The molecule has 0 aromatic heterocycles. The number of hydrogen-bond acceptors (Lipinski definition) is 4. The number of rotatable bonds is 7. The summed E-state index contributed by atoms with van der Waals surface area (Å²) in [5.41, 5.74) is 0. The summed E-state index contributed by atoms with van der Waals surface area (Å²) >= 11 is 5.27. The minimum absolute atomic E-state index is 0.0364. The first-order chi connectivity index (χ1) is 6.52. The fourth-order valence-corrected chi connectivity index (χ4v) is 2.09. The maximum Gasteiger partial charge on any atom is 0.307 e. The van der Waals surface area contributed by atoms with Gasteiger partial charge < -0.3 is 4.74 Å². The van der Waals surface area contributed by atoms with Gasteiger partial charge in [-0.1, -0.05) is 0 Å². The molecule has 0 aliphatic carbocycles. The van der Waals surface area contributed by atoms with Crippen LogP contribution < -0.4 is 4.72 Å². The van der Waals surface area contributed by atoms with Crippen molar-refractivity contribution in [2.75, 3.05) is 24.8 Å². The molecule has 7 heteroatoms. The number of sulfonamides is 1. The Morgan fingerprint density at radius 3 is 2.64 bits per heavy atom. The molecular formula is C7H14ClNO4S. The molecule has 0 spiro atoms. The van der Waals surface area contributed by atoms with E-state index >= 15 is 0 Å². The van der Waals surface area contributed by atoms with Gasteiger partial charge in [0.1, 0.15) is 0 Å². The van der Waals surface area contributed by atoms with Crippen molar-refractivity contribution in [3.8, 4) is 0 Å². The SMILES string of the molecule is CCOC(=O)CCNS(=O)(=O)CCCl. The third-order valence-corrected chi connectivity index (χ3v) is 3.10. The van der Waals surface area contributed by atoms with Crippen LogP contribution in [0.2, 0.25) is 0 Å². The molecule has 0 atom stereocenters. The zero-order chi connectivity index (χ0) is 11.0. The third kappa shape index (κ3) is 7.11. The molecule has 0 aromatic carbocycles. The van der Waals surface area contributed by atoms with Gasteiger partial charge in [0.05, 0.1) is 18.8 Å². The van der Waals surface area contributed by atoms with E-state index in [9.17, 15) is 13.2 Å². The maximum atomic E-state index is 11.0. The predicted molar refractivity (Wildman–Crippen MR) is 53.8 cm³/mol. The first-order valence-electron chi connectivity index (χ1n) is 4.20. The zero-order valence-corrected chi connectivity index (χ0v) is 9.53. The highest BCUT2D eigenvalue weighted by molar-refractivity contribution is 7.89. The van der Waals surface area contributed by atoms with E-state index in [2.05, 4.69) is 9.46 Å². The van der Waals surface area contributed by atoms with Crippen LogP contribution in [0.15, 0.2) is 0 Å². The highest BCUT2D eigenvalue weighted by Gasteiger charge is 2.09. The number of ether oxygens (including phenoxy) is 1. The lowest BCUT2D eigenvalue weighted by atomic mass is 10.4. The first-order valence-corrected chi connectivity index (χ1v) is 6.39. The number of nitrogens with one attached hydrogen (secondary N) is 1. The molecule has 0 aliphatic heterocycles. The summed E-state index contributed by atoms with van der Waals surface area (Å²) in [6.45, 7) is 2.04. The third-order valence-electron chi connectivity index (χ3n) is 1.30. The Labute approximate surface area is 88.8 Å². The van der Waals surface area contributed by atoms with Crippen LogP contribution in [0.3, 0.4) is 0 Å². The molecule has 0 bridgehead atoms. The van der Waals surface area contributed by atoms with Crippen molar-refractivity contribution in [2.24, 2.45) is 0 Å². The number of esters is 1. The Hall–Kier alpha value is -0.330. The zero-order valence-electron chi connectivity index (χ0n) is 7.95. The molecule has 0 saturated heterocycles. The molecule has 0 aromatic rings. The quantitative estimate of drug-likeness (QED) is 0.508. The van der Waals surface area contributed by atoms with E-state index in [4.69, 9.17) is 11.6 Å². The second kappa shape index (κ2) is 7.03.